The number of aldehydes is 2. The highest BCUT2D eigenvalue weighted by Crippen LogP contribution is 2.20. The van der Waals surface area contributed by atoms with E-state index >= 15 is 0 Å². The van der Waals surface area contributed by atoms with Crippen LogP contribution in [0, 0.1) is 17.8 Å². The van der Waals surface area contributed by atoms with Crippen LogP contribution in [0.25, 0.3) is 0 Å². The fourth-order valence-corrected chi connectivity index (χ4v) is 3.24. The summed E-state index contributed by atoms with van der Waals surface area (Å²) in [6.45, 7) is 5.53. The van der Waals surface area contributed by atoms with Crippen molar-refractivity contribution in [3.63, 3.8) is 0 Å². The molecule has 1 aliphatic heterocycles. The van der Waals surface area contributed by atoms with Crippen molar-refractivity contribution in [2.75, 3.05) is 40.5 Å². The molecule has 0 radical (unpaired) electrons. The van der Waals surface area contributed by atoms with Crippen molar-refractivity contribution < 1.29 is 34.1 Å². The van der Waals surface area contributed by atoms with E-state index in [4.69, 9.17) is 9.47 Å². The minimum Gasteiger partial charge on any atom is -0.412 e. The smallest absolute Gasteiger partial charge is 0.253 e. The largest absolute Gasteiger partial charge is 0.412 e. The minimum atomic E-state index is -0.313. The van der Waals surface area contributed by atoms with Gasteiger partial charge >= 0.3 is 0 Å². The maximum Gasteiger partial charge on any atom is 0.253 e. The molecule has 0 aromatic carbocycles. The standard InChI is InChI=1S/C21H32N2O6.H2O/c1-16(8-9-23-20(26)6-7-21(23)27)22-11-17(10-19(13-25)15-29-3)4-5-18(12-24)14-28-2;/h6-7,12-13,17-19,22H,1,4-5,8-11,14-15H2,2-3H3;1H2. The lowest BCUT2D eigenvalue weighted by molar-refractivity contribution is -0.136. The zero-order valence-corrected chi connectivity index (χ0v) is 17.8. The monoisotopic (exact) mass is 426 g/mol. The molecule has 9 nitrogen and oxygen atoms in total. The molecule has 0 saturated heterocycles. The van der Waals surface area contributed by atoms with Crippen LogP contribution in [0.4, 0.5) is 0 Å². The third kappa shape index (κ3) is 9.91. The number of hydrogen-bond donors (Lipinski definition) is 1. The lowest BCUT2D eigenvalue weighted by Gasteiger charge is -2.23. The van der Waals surface area contributed by atoms with Gasteiger partial charge in [0, 0.05) is 63.4 Å². The Hall–Kier alpha value is -2.36. The van der Waals surface area contributed by atoms with Gasteiger partial charge in [0.25, 0.3) is 11.8 Å². The Kier molecular flexibility index (Phi) is 14.3. The second kappa shape index (κ2) is 15.5. The summed E-state index contributed by atoms with van der Waals surface area (Å²) in [4.78, 5) is 46.8. The van der Waals surface area contributed by atoms with E-state index in [1.54, 1.807) is 14.2 Å². The summed E-state index contributed by atoms with van der Waals surface area (Å²) >= 11 is 0. The molecule has 3 unspecified atom stereocenters. The third-order valence-corrected chi connectivity index (χ3v) is 4.91. The number of nitrogens with one attached hydrogen (secondary N) is 1. The Bertz CT molecular complexity index is 588. The second-order valence-electron chi connectivity index (χ2n) is 7.28. The van der Waals surface area contributed by atoms with Gasteiger partial charge in [0.2, 0.25) is 0 Å². The molecule has 3 N–H and O–H groups in total. The maximum atomic E-state index is 11.6. The Labute approximate surface area is 177 Å². The van der Waals surface area contributed by atoms with Gasteiger partial charge in [-0.25, -0.2) is 0 Å². The van der Waals surface area contributed by atoms with Crippen molar-refractivity contribution in [1.82, 2.24) is 10.2 Å². The summed E-state index contributed by atoms with van der Waals surface area (Å²) in [5.74, 6) is -0.891. The van der Waals surface area contributed by atoms with Crippen molar-refractivity contribution in [3.05, 3.63) is 24.4 Å². The lowest BCUT2D eigenvalue weighted by Crippen LogP contribution is -2.33. The zero-order valence-electron chi connectivity index (χ0n) is 17.8. The Balaban J connectivity index is 0.00000841. The first-order valence-electron chi connectivity index (χ1n) is 9.78. The van der Waals surface area contributed by atoms with E-state index in [2.05, 4.69) is 11.9 Å². The van der Waals surface area contributed by atoms with E-state index < -0.39 is 0 Å². The molecule has 0 aliphatic carbocycles. The van der Waals surface area contributed by atoms with Crippen LogP contribution in [0.15, 0.2) is 24.4 Å². The maximum absolute atomic E-state index is 11.6. The van der Waals surface area contributed by atoms with Crippen LogP contribution in [0.2, 0.25) is 0 Å². The van der Waals surface area contributed by atoms with E-state index in [9.17, 15) is 19.2 Å². The number of ether oxygens (including phenoxy) is 2. The number of methoxy groups -OCH3 is 2. The average molecular weight is 427 g/mol. The van der Waals surface area contributed by atoms with Gasteiger partial charge in [-0.2, -0.15) is 0 Å². The molecule has 1 rings (SSSR count). The normalized spacial score (nSPS) is 16.0. The molecule has 0 saturated carbocycles. The lowest BCUT2D eigenvalue weighted by atomic mass is 9.89. The Morgan fingerprint density at radius 1 is 1.07 bits per heavy atom. The molecule has 0 fully saturated rings. The van der Waals surface area contributed by atoms with Crippen LogP contribution in [-0.2, 0) is 28.7 Å². The van der Waals surface area contributed by atoms with Gasteiger partial charge in [-0.1, -0.05) is 6.58 Å². The van der Waals surface area contributed by atoms with Crippen molar-refractivity contribution in [2.24, 2.45) is 17.8 Å². The quantitative estimate of drug-likeness (QED) is 0.261. The number of amides is 2. The van der Waals surface area contributed by atoms with Crippen LogP contribution in [0.5, 0.6) is 0 Å². The first-order valence-corrected chi connectivity index (χ1v) is 9.78. The van der Waals surface area contributed by atoms with Gasteiger partial charge in [0.1, 0.15) is 12.6 Å². The molecule has 3 atom stereocenters. The molecule has 0 spiro atoms. The Morgan fingerprint density at radius 3 is 2.17 bits per heavy atom. The van der Waals surface area contributed by atoms with E-state index in [1.165, 1.54) is 17.1 Å². The predicted molar refractivity (Wildman–Crippen MR) is 111 cm³/mol. The van der Waals surface area contributed by atoms with E-state index in [0.29, 0.717) is 44.7 Å². The first kappa shape index (κ1) is 27.6. The highest BCUT2D eigenvalue weighted by molar-refractivity contribution is 6.12. The van der Waals surface area contributed by atoms with Crippen LogP contribution in [0.3, 0.4) is 0 Å². The van der Waals surface area contributed by atoms with Crippen LogP contribution in [0.1, 0.15) is 25.7 Å². The second-order valence-corrected chi connectivity index (χ2v) is 7.28. The number of hydrogen-bond acceptors (Lipinski definition) is 7. The fraction of sp³-hybridized carbons (Fsp3) is 0.619. The topological polar surface area (TPSA) is 134 Å². The van der Waals surface area contributed by atoms with Crippen molar-refractivity contribution >= 4 is 24.4 Å². The van der Waals surface area contributed by atoms with Gasteiger partial charge in [-0.3, -0.25) is 14.5 Å². The number of imide groups is 1. The van der Waals surface area contributed by atoms with Crippen LogP contribution >= 0.6 is 0 Å². The number of carbonyl (C=O) groups is 4. The zero-order chi connectivity index (χ0) is 21.6. The number of nitrogens with zero attached hydrogens (tertiary/aromatic N) is 1. The molecule has 2 amide bonds. The first-order chi connectivity index (χ1) is 13.9. The summed E-state index contributed by atoms with van der Waals surface area (Å²) in [6.07, 6.45) is 6.80. The van der Waals surface area contributed by atoms with Crippen molar-refractivity contribution in [1.29, 1.82) is 0 Å². The molecule has 30 heavy (non-hydrogen) atoms. The summed E-state index contributed by atoms with van der Waals surface area (Å²) in [6, 6.07) is 0. The van der Waals surface area contributed by atoms with Gasteiger partial charge < -0.3 is 29.9 Å². The summed E-state index contributed by atoms with van der Waals surface area (Å²) in [5.41, 5.74) is 0.709. The molecule has 1 aliphatic rings. The third-order valence-electron chi connectivity index (χ3n) is 4.91. The molecular formula is C21H34N2O7. The SMILES string of the molecule is C=C(CCN1C(=O)C=CC1=O)NCC(CCC(C=O)COC)CC(C=O)COC.O. The highest BCUT2D eigenvalue weighted by atomic mass is 16.5. The van der Waals surface area contributed by atoms with E-state index in [0.717, 1.165) is 19.0 Å². The average Bonchev–Trinajstić information content (AvgIpc) is 3.03. The van der Waals surface area contributed by atoms with Gasteiger partial charge in [-0.15, -0.1) is 0 Å². The molecule has 1 heterocycles. The van der Waals surface area contributed by atoms with Crippen molar-refractivity contribution in [2.45, 2.75) is 25.7 Å². The van der Waals surface area contributed by atoms with E-state index in [1.807, 2.05) is 0 Å². The van der Waals surface area contributed by atoms with Gasteiger partial charge in [0.05, 0.1) is 13.2 Å². The Morgan fingerprint density at radius 2 is 1.63 bits per heavy atom. The summed E-state index contributed by atoms with van der Waals surface area (Å²) < 4.78 is 10.2. The summed E-state index contributed by atoms with van der Waals surface area (Å²) in [5, 5.41) is 3.24. The molecule has 9 heteroatoms. The van der Waals surface area contributed by atoms with Gasteiger partial charge in [0.15, 0.2) is 0 Å². The van der Waals surface area contributed by atoms with Crippen LogP contribution < -0.4 is 5.32 Å². The van der Waals surface area contributed by atoms with E-state index in [-0.39, 0.29) is 41.6 Å². The van der Waals surface area contributed by atoms with Crippen LogP contribution in [-0.4, -0.2) is 75.3 Å². The van der Waals surface area contributed by atoms with Gasteiger partial charge in [-0.05, 0) is 25.2 Å². The number of rotatable bonds is 17. The molecule has 0 aromatic rings. The van der Waals surface area contributed by atoms with Crippen molar-refractivity contribution in [3.8, 4) is 0 Å². The minimum absolute atomic E-state index is 0. The molecule has 0 bridgehead atoms. The summed E-state index contributed by atoms with van der Waals surface area (Å²) in [7, 11) is 3.12. The number of carbonyl (C=O) groups excluding carboxylic acids is 4. The molecule has 0 aromatic heterocycles. The fourth-order valence-electron chi connectivity index (χ4n) is 3.24. The molecule has 170 valence electrons. The highest BCUT2D eigenvalue weighted by Gasteiger charge is 2.23. The molecular weight excluding hydrogens is 392 g/mol. The predicted octanol–water partition coefficient (Wildman–Crippen LogP) is 0.290.